The molecule has 1 aliphatic rings. The average Bonchev–Trinajstić information content (AvgIpc) is 2.38. The maximum atomic E-state index is 5.93. The van der Waals surface area contributed by atoms with Gasteiger partial charge in [0.1, 0.15) is 0 Å². The fourth-order valence-corrected chi connectivity index (χ4v) is 2.07. The number of halogens is 2. The lowest BCUT2D eigenvalue weighted by Gasteiger charge is -2.08. The van der Waals surface area contributed by atoms with E-state index in [4.69, 9.17) is 11.6 Å². The summed E-state index contributed by atoms with van der Waals surface area (Å²) in [4.78, 5) is 4.41. The first-order chi connectivity index (χ1) is 6.79. The molecule has 0 aliphatic carbocycles. The van der Waals surface area contributed by atoms with Crippen molar-refractivity contribution in [3.63, 3.8) is 0 Å². The van der Waals surface area contributed by atoms with Gasteiger partial charge in [0.25, 0.3) is 0 Å². The molecule has 15 heavy (non-hydrogen) atoms. The summed E-state index contributed by atoms with van der Waals surface area (Å²) < 4.78 is 0. The highest BCUT2D eigenvalue weighted by atomic mass is 127. The Balaban J connectivity index is 0.00000112. The topological polar surface area (TPSA) is 24.4 Å². The largest absolute Gasteiger partial charge is 0.335 e. The van der Waals surface area contributed by atoms with Gasteiger partial charge in [-0.05, 0) is 36.4 Å². The Labute approximate surface area is 116 Å². The van der Waals surface area contributed by atoms with E-state index in [1.807, 2.05) is 24.5 Å². The Morgan fingerprint density at radius 2 is 2.27 bits per heavy atom. The van der Waals surface area contributed by atoms with Crippen molar-refractivity contribution in [2.45, 2.75) is 6.42 Å². The normalized spacial score (nSPS) is 14.1. The highest BCUT2D eigenvalue weighted by Crippen LogP contribution is 2.24. The average molecular weight is 355 g/mol. The van der Waals surface area contributed by atoms with Gasteiger partial charge in [0.15, 0.2) is 5.17 Å². The van der Waals surface area contributed by atoms with E-state index in [0.717, 1.165) is 28.8 Å². The summed E-state index contributed by atoms with van der Waals surface area (Å²) in [5.74, 6) is 0. The maximum Gasteiger partial charge on any atom is 0.160 e. The van der Waals surface area contributed by atoms with Crippen LogP contribution in [-0.2, 0) is 6.42 Å². The third-order valence-corrected chi connectivity index (χ3v) is 2.99. The zero-order valence-corrected chi connectivity index (χ0v) is 12.2. The van der Waals surface area contributed by atoms with Gasteiger partial charge in [-0.15, -0.1) is 24.0 Å². The van der Waals surface area contributed by atoms with Gasteiger partial charge in [-0.1, -0.05) is 23.4 Å². The summed E-state index contributed by atoms with van der Waals surface area (Å²) >= 11 is 7.56. The minimum absolute atomic E-state index is 0. The van der Waals surface area contributed by atoms with Crippen LogP contribution in [0.25, 0.3) is 0 Å². The zero-order valence-electron chi connectivity index (χ0n) is 8.29. The molecule has 1 aliphatic heterocycles. The van der Waals surface area contributed by atoms with Crippen LogP contribution in [0.5, 0.6) is 0 Å². The minimum atomic E-state index is 0. The fraction of sp³-hybridized carbons (Fsp3) is 0.300. The molecule has 5 heteroatoms. The van der Waals surface area contributed by atoms with E-state index < -0.39 is 0 Å². The number of nitrogens with zero attached hydrogens (tertiary/aromatic N) is 1. The molecule has 0 aromatic heterocycles. The molecule has 0 radical (unpaired) electrons. The van der Waals surface area contributed by atoms with Gasteiger partial charge in [0, 0.05) is 17.3 Å². The molecule has 1 aromatic rings. The van der Waals surface area contributed by atoms with Gasteiger partial charge in [-0.3, -0.25) is 4.99 Å². The number of anilines is 1. The Morgan fingerprint density at radius 1 is 1.47 bits per heavy atom. The van der Waals surface area contributed by atoms with Crippen molar-refractivity contribution in [3.05, 3.63) is 28.8 Å². The molecule has 0 spiro atoms. The van der Waals surface area contributed by atoms with Crippen molar-refractivity contribution in [2.75, 3.05) is 18.1 Å². The number of fused-ring (bicyclic) bond motifs is 1. The van der Waals surface area contributed by atoms with Gasteiger partial charge in [0.2, 0.25) is 0 Å². The molecular weight excluding hydrogens is 343 g/mol. The lowest BCUT2D eigenvalue weighted by molar-refractivity contribution is 0.984. The van der Waals surface area contributed by atoms with E-state index in [0.29, 0.717) is 0 Å². The number of hydrogen-bond donors (Lipinski definition) is 1. The quantitative estimate of drug-likeness (QED) is 0.719. The number of aliphatic imine (C=N–C) groups is 1. The first-order valence-electron chi connectivity index (χ1n) is 4.43. The summed E-state index contributed by atoms with van der Waals surface area (Å²) in [6.45, 7) is 0.830. The summed E-state index contributed by atoms with van der Waals surface area (Å²) in [6, 6.07) is 5.91. The van der Waals surface area contributed by atoms with Gasteiger partial charge in [0.05, 0.1) is 0 Å². The molecule has 2 rings (SSSR count). The Kier molecular flexibility index (Phi) is 5.22. The molecule has 1 heterocycles. The van der Waals surface area contributed by atoms with Crippen LogP contribution in [-0.4, -0.2) is 18.0 Å². The first kappa shape index (κ1) is 13.1. The van der Waals surface area contributed by atoms with Crippen LogP contribution >= 0.6 is 47.3 Å². The first-order valence-corrected chi connectivity index (χ1v) is 6.04. The monoisotopic (exact) mass is 354 g/mol. The van der Waals surface area contributed by atoms with Crippen LogP contribution < -0.4 is 5.32 Å². The highest BCUT2D eigenvalue weighted by Gasteiger charge is 2.09. The molecule has 1 N–H and O–H groups in total. The van der Waals surface area contributed by atoms with Crippen molar-refractivity contribution in [3.8, 4) is 0 Å². The summed E-state index contributed by atoms with van der Waals surface area (Å²) in [5, 5.41) is 5.06. The number of hydrogen-bond acceptors (Lipinski definition) is 3. The number of benzene rings is 1. The van der Waals surface area contributed by atoms with Crippen LogP contribution in [0.15, 0.2) is 23.2 Å². The molecular formula is C10H12ClIN2S. The molecule has 1 aromatic carbocycles. The third kappa shape index (κ3) is 3.26. The van der Waals surface area contributed by atoms with Gasteiger partial charge in [-0.25, -0.2) is 0 Å². The van der Waals surface area contributed by atoms with E-state index in [2.05, 4.69) is 10.3 Å². The Hall–Kier alpha value is 0.0600. The van der Waals surface area contributed by atoms with E-state index in [1.54, 1.807) is 11.8 Å². The zero-order chi connectivity index (χ0) is 9.97. The lowest BCUT2D eigenvalue weighted by Crippen LogP contribution is -2.06. The number of amidine groups is 1. The Bertz CT molecular complexity index is 382. The summed E-state index contributed by atoms with van der Waals surface area (Å²) in [7, 11) is 0. The number of nitrogens with one attached hydrogen (secondary N) is 1. The van der Waals surface area contributed by atoms with E-state index >= 15 is 0 Å². The predicted octanol–water partition coefficient (Wildman–Crippen LogP) is 3.65. The molecule has 82 valence electrons. The minimum Gasteiger partial charge on any atom is -0.335 e. The molecule has 0 bridgehead atoms. The van der Waals surface area contributed by atoms with Crippen molar-refractivity contribution in [1.82, 2.24) is 0 Å². The van der Waals surface area contributed by atoms with Crippen LogP contribution in [0.2, 0.25) is 5.02 Å². The predicted molar refractivity (Wildman–Crippen MR) is 80.0 cm³/mol. The second-order valence-corrected chi connectivity index (χ2v) is 4.30. The second kappa shape index (κ2) is 5.96. The molecule has 0 fully saturated rings. The van der Waals surface area contributed by atoms with E-state index in [1.165, 1.54) is 5.56 Å². The van der Waals surface area contributed by atoms with Crippen molar-refractivity contribution >= 4 is 58.2 Å². The molecule has 0 saturated heterocycles. The SMILES string of the molecule is CSC1=NCCc2cc(Cl)ccc2N1.I. The molecule has 0 saturated carbocycles. The second-order valence-electron chi connectivity index (χ2n) is 3.07. The summed E-state index contributed by atoms with van der Waals surface area (Å²) in [5.41, 5.74) is 2.37. The van der Waals surface area contributed by atoms with E-state index in [-0.39, 0.29) is 24.0 Å². The summed E-state index contributed by atoms with van der Waals surface area (Å²) in [6.07, 6.45) is 2.97. The van der Waals surface area contributed by atoms with Crippen LogP contribution in [0.3, 0.4) is 0 Å². The standard InChI is InChI=1S/C10H11ClN2S.HI/c1-14-10-12-5-4-7-6-8(11)2-3-9(7)13-10;/h2-3,6H,4-5H2,1H3,(H,12,13);1H. The molecule has 0 atom stereocenters. The van der Waals surface area contributed by atoms with Crippen molar-refractivity contribution in [2.24, 2.45) is 4.99 Å². The van der Waals surface area contributed by atoms with Gasteiger partial charge >= 0.3 is 0 Å². The van der Waals surface area contributed by atoms with Crippen LogP contribution in [0.4, 0.5) is 5.69 Å². The van der Waals surface area contributed by atoms with Gasteiger partial charge in [-0.2, -0.15) is 0 Å². The highest BCUT2D eigenvalue weighted by molar-refractivity contribution is 14.0. The molecule has 0 amide bonds. The van der Waals surface area contributed by atoms with Crippen LogP contribution in [0.1, 0.15) is 5.56 Å². The molecule has 0 unspecified atom stereocenters. The lowest BCUT2D eigenvalue weighted by atomic mass is 10.1. The van der Waals surface area contributed by atoms with Gasteiger partial charge < -0.3 is 5.32 Å². The number of rotatable bonds is 0. The number of thioether (sulfide) groups is 1. The molecule has 2 nitrogen and oxygen atoms in total. The smallest absolute Gasteiger partial charge is 0.160 e. The Morgan fingerprint density at radius 3 is 3.00 bits per heavy atom. The fourth-order valence-electron chi connectivity index (χ4n) is 1.44. The van der Waals surface area contributed by atoms with E-state index in [9.17, 15) is 0 Å². The maximum absolute atomic E-state index is 5.93. The van der Waals surface area contributed by atoms with Crippen molar-refractivity contribution in [1.29, 1.82) is 0 Å². The van der Waals surface area contributed by atoms with Crippen LogP contribution in [0, 0.1) is 0 Å². The van der Waals surface area contributed by atoms with Crippen molar-refractivity contribution < 1.29 is 0 Å². The third-order valence-electron chi connectivity index (χ3n) is 2.14.